The van der Waals surface area contributed by atoms with Gasteiger partial charge in [-0.05, 0) is 55.3 Å². The molecule has 2 aromatic carbocycles. The van der Waals surface area contributed by atoms with Crippen molar-refractivity contribution in [1.82, 2.24) is 10.2 Å². The molecule has 136 valence electrons. The van der Waals surface area contributed by atoms with Crippen LogP contribution in [-0.2, 0) is 4.79 Å². The van der Waals surface area contributed by atoms with E-state index in [1.807, 2.05) is 18.2 Å². The van der Waals surface area contributed by atoms with Gasteiger partial charge >= 0.3 is 0 Å². The van der Waals surface area contributed by atoms with Crippen molar-refractivity contribution in [1.29, 1.82) is 5.26 Å². The van der Waals surface area contributed by atoms with Crippen molar-refractivity contribution in [3.8, 4) is 6.07 Å². The van der Waals surface area contributed by atoms with E-state index in [2.05, 4.69) is 40.7 Å². The van der Waals surface area contributed by atoms with Crippen LogP contribution in [-0.4, -0.2) is 21.9 Å². The first-order chi connectivity index (χ1) is 13.0. The number of amides is 1. The summed E-state index contributed by atoms with van der Waals surface area (Å²) in [6.07, 6.45) is 0. The molecule has 0 fully saturated rings. The first-order valence-electron chi connectivity index (χ1n) is 8.14. The number of carbonyl (C=O) groups is 1. The van der Waals surface area contributed by atoms with Crippen LogP contribution in [0.2, 0.25) is 0 Å². The Morgan fingerprint density at radius 2 is 1.96 bits per heavy atom. The summed E-state index contributed by atoms with van der Waals surface area (Å²) in [6, 6.07) is 14.8. The molecule has 0 spiro atoms. The number of anilines is 3. The monoisotopic (exact) mass is 395 g/mol. The van der Waals surface area contributed by atoms with Crippen LogP contribution in [0.15, 0.2) is 46.8 Å². The number of hydrogen-bond donors (Lipinski definition) is 2. The Kier molecular flexibility index (Phi) is 6.06. The van der Waals surface area contributed by atoms with E-state index in [-0.39, 0.29) is 11.7 Å². The van der Waals surface area contributed by atoms with Crippen LogP contribution in [0.5, 0.6) is 0 Å². The normalized spacial score (nSPS) is 10.3. The van der Waals surface area contributed by atoms with Gasteiger partial charge in [0.05, 0.1) is 17.4 Å². The fourth-order valence-electron chi connectivity index (χ4n) is 2.27. The van der Waals surface area contributed by atoms with E-state index in [4.69, 9.17) is 5.26 Å². The van der Waals surface area contributed by atoms with Gasteiger partial charge in [-0.3, -0.25) is 4.79 Å². The van der Waals surface area contributed by atoms with E-state index >= 15 is 0 Å². The third kappa shape index (κ3) is 5.06. The lowest BCUT2D eigenvalue weighted by molar-refractivity contribution is -0.113. The van der Waals surface area contributed by atoms with Gasteiger partial charge in [0.15, 0.2) is 4.34 Å². The van der Waals surface area contributed by atoms with Crippen molar-refractivity contribution in [3.63, 3.8) is 0 Å². The van der Waals surface area contributed by atoms with Crippen LogP contribution in [0.25, 0.3) is 0 Å². The zero-order chi connectivity index (χ0) is 19.2. The molecular weight excluding hydrogens is 378 g/mol. The quantitative estimate of drug-likeness (QED) is 0.597. The smallest absolute Gasteiger partial charge is 0.234 e. The van der Waals surface area contributed by atoms with Crippen molar-refractivity contribution in [2.45, 2.75) is 18.2 Å². The number of thioether (sulfide) groups is 1. The fourth-order valence-corrected chi connectivity index (χ4v) is 3.84. The number of carbonyl (C=O) groups excluding carboxylic acids is 1. The van der Waals surface area contributed by atoms with Crippen LogP contribution < -0.4 is 10.6 Å². The van der Waals surface area contributed by atoms with Gasteiger partial charge in [-0.15, -0.1) is 10.2 Å². The molecule has 0 bridgehead atoms. The van der Waals surface area contributed by atoms with Gasteiger partial charge in [-0.1, -0.05) is 35.2 Å². The molecule has 3 aromatic rings. The molecule has 6 nitrogen and oxygen atoms in total. The second kappa shape index (κ2) is 8.66. The molecule has 8 heteroatoms. The minimum Gasteiger partial charge on any atom is -0.330 e. The first kappa shape index (κ1) is 18.9. The van der Waals surface area contributed by atoms with E-state index in [1.54, 1.807) is 24.3 Å². The van der Waals surface area contributed by atoms with E-state index < -0.39 is 0 Å². The van der Waals surface area contributed by atoms with E-state index in [0.29, 0.717) is 16.4 Å². The zero-order valence-corrected chi connectivity index (χ0v) is 16.4. The minimum atomic E-state index is -0.135. The highest BCUT2D eigenvalue weighted by molar-refractivity contribution is 8.01. The summed E-state index contributed by atoms with van der Waals surface area (Å²) in [5, 5.41) is 23.8. The summed E-state index contributed by atoms with van der Waals surface area (Å²) < 4.78 is 0.720. The summed E-state index contributed by atoms with van der Waals surface area (Å²) in [7, 11) is 0. The third-order valence-corrected chi connectivity index (χ3v) is 5.85. The molecule has 3 rings (SSSR count). The van der Waals surface area contributed by atoms with Crippen molar-refractivity contribution < 1.29 is 4.79 Å². The summed E-state index contributed by atoms with van der Waals surface area (Å²) in [4.78, 5) is 12.1. The van der Waals surface area contributed by atoms with Gasteiger partial charge < -0.3 is 10.6 Å². The second-order valence-electron chi connectivity index (χ2n) is 5.77. The molecule has 0 unspecified atom stereocenters. The Balaban J connectivity index is 1.53. The zero-order valence-electron chi connectivity index (χ0n) is 14.8. The maximum absolute atomic E-state index is 12.1. The SMILES string of the molecule is Cc1cccc(Nc2nnc(SCC(=O)Nc3ccc(C#N)cc3)s2)c1C. The van der Waals surface area contributed by atoms with Crippen LogP contribution in [0.3, 0.4) is 0 Å². The largest absolute Gasteiger partial charge is 0.330 e. The molecule has 0 aliphatic carbocycles. The molecule has 1 heterocycles. The lowest BCUT2D eigenvalue weighted by Gasteiger charge is -2.08. The number of hydrogen-bond acceptors (Lipinski definition) is 7. The average molecular weight is 396 g/mol. The predicted molar refractivity (Wildman–Crippen MR) is 110 cm³/mol. The standard InChI is InChI=1S/C19H17N5OS2/c1-12-4-3-5-16(13(12)2)22-18-23-24-19(27-18)26-11-17(25)21-15-8-6-14(10-20)7-9-15/h3-9H,11H2,1-2H3,(H,21,25)(H,22,23). The summed E-state index contributed by atoms with van der Waals surface area (Å²) in [5.74, 6) is 0.0990. The van der Waals surface area contributed by atoms with Crippen LogP contribution in [0.1, 0.15) is 16.7 Å². The van der Waals surface area contributed by atoms with Gasteiger partial charge in [0.1, 0.15) is 0 Å². The van der Waals surface area contributed by atoms with Crippen molar-refractivity contribution in [2.75, 3.05) is 16.4 Å². The summed E-state index contributed by atoms with van der Waals surface area (Å²) >= 11 is 2.74. The van der Waals surface area contributed by atoms with Gasteiger partial charge in [-0.2, -0.15) is 5.26 Å². The molecule has 1 aromatic heterocycles. The molecule has 0 radical (unpaired) electrons. The fraction of sp³-hybridized carbons (Fsp3) is 0.158. The molecule has 0 aliphatic heterocycles. The number of aryl methyl sites for hydroxylation is 1. The van der Waals surface area contributed by atoms with Crippen molar-refractivity contribution in [2.24, 2.45) is 0 Å². The maximum Gasteiger partial charge on any atom is 0.234 e. The molecular formula is C19H17N5OS2. The van der Waals surface area contributed by atoms with Gasteiger partial charge in [0.25, 0.3) is 0 Å². The summed E-state index contributed by atoms with van der Waals surface area (Å²) in [6.45, 7) is 4.12. The Morgan fingerprint density at radius 1 is 1.19 bits per heavy atom. The number of nitriles is 1. The number of nitrogens with zero attached hydrogens (tertiary/aromatic N) is 3. The van der Waals surface area contributed by atoms with Gasteiger partial charge in [0.2, 0.25) is 11.0 Å². The molecule has 27 heavy (non-hydrogen) atoms. The maximum atomic E-state index is 12.1. The molecule has 0 aliphatic rings. The number of nitrogens with one attached hydrogen (secondary N) is 2. The first-order valence-corrected chi connectivity index (χ1v) is 9.95. The Labute approximate surface area is 165 Å². The molecule has 0 saturated heterocycles. The lowest BCUT2D eigenvalue weighted by Crippen LogP contribution is -2.13. The molecule has 2 N–H and O–H groups in total. The second-order valence-corrected chi connectivity index (χ2v) is 7.97. The van der Waals surface area contributed by atoms with Gasteiger partial charge in [-0.25, -0.2) is 0 Å². The van der Waals surface area contributed by atoms with E-state index in [9.17, 15) is 4.79 Å². The predicted octanol–water partition coefficient (Wildman–Crippen LogP) is 4.50. The number of aromatic nitrogens is 2. The van der Waals surface area contributed by atoms with Gasteiger partial charge in [0, 0.05) is 11.4 Å². The lowest BCUT2D eigenvalue weighted by atomic mass is 10.1. The highest BCUT2D eigenvalue weighted by atomic mass is 32.2. The van der Waals surface area contributed by atoms with E-state index in [0.717, 1.165) is 10.0 Å². The molecule has 0 saturated carbocycles. The van der Waals surface area contributed by atoms with Crippen molar-refractivity contribution in [3.05, 3.63) is 59.2 Å². The highest BCUT2D eigenvalue weighted by Crippen LogP contribution is 2.29. The molecule has 0 atom stereocenters. The van der Waals surface area contributed by atoms with Crippen LogP contribution in [0, 0.1) is 25.2 Å². The Morgan fingerprint density at radius 3 is 2.70 bits per heavy atom. The Bertz CT molecular complexity index is 992. The summed E-state index contributed by atoms with van der Waals surface area (Å²) in [5.41, 5.74) is 4.60. The van der Waals surface area contributed by atoms with Crippen LogP contribution in [0.4, 0.5) is 16.5 Å². The van der Waals surface area contributed by atoms with Crippen LogP contribution >= 0.6 is 23.1 Å². The third-order valence-electron chi connectivity index (χ3n) is 3.88. The average Bonchev–Trinajstić information content (AvgIpc) is 3.12. The number of rotatable bonds is 6. The van der Waals surface area contributed by atoms with E-state index in [1.165, 1.54) is 34.2 Å². The van der Waals surface area contributed by atoms with Crippen molar-refractivity contribution >= 4 is 45.5 Å². The topological polar surface area (TPSA) is 90.7 Å². The highest BCUT2D eigenvalue weighted by Gasteiger charge is 2.10. The minimum absolute atomic E-state index is 0.135. The number of benzene rings is 2. The Hall–Kier alpha value is -2.89. The molecule has 1 amide bonds.